The molecule has 0 unspecified atom stereocenters. The molecule has 0 aliphatic heterocycles. The Kier molecular flexibility index (Phi) is 4.17. The number of pyridine rings is 2. The van der Waals surface area contributed by atoms with Crippen LogP contribution in [0.2, 0.25) is 0 Å². The molecular formula is C14H8Br2N4. The fourth-order valence-corrected chi connectivity index (χ4v) is 2.92. The highest BCUT2D eigenvalue weighted by Gasteiger charge is 2.16. The standard InChI is InChI=1S/C14H8Br2N4/c1-7-9(3-17)13(15)19-5-11(7)12-6-20-14(16)10(4-18)8(12)2/h5-6H,1-2H3. The summed E-state index contributed by atoms with van der Waals surface area (Å²) in [5.41, 5.74) is 4.21. The van der Waals surface area contributed by atoms with Crippen LogP contribution < -0.4 is 0 Å². The van der Waals surface area contributed by atoms with E-state index in [0.29, 0.717) is 20.3 Å². The summed E-state index contributed by atoms with van der Waals surface area (Å²) in [4.78, 5) is 8.36. The Balaban J connectivity index is 2.78. The van der Waals surface area contributed by atoms with E-state index in [1.54, 1.807) is 12.4 Å². The van der Waals surface area contributed by atoms with E-state index in [2.05, 4.69) is 54.0 Å². The quantitative estimate of drug-likeness (QED) is 0.688. The first-order valence-corrected chi connectivity index (χ1v) is 7.20. The van der Waals surface area contributed by atoms with Crippen LogP contribution in [0.3, 0.4) is 0 Å². The van der Waals surface area contributed by atoms with Crippen LogP contribution in [-0.2, 0) is 0 Å². The molecule has 0 aromatic carbocycles. The van der Waals surface area contributed by atoms with Crippen LogP contribution in [0.4, 0.5) is 0 Å². The van der Waals surface area contributed by atoms with E-state index < -0.39 is 0 Å². The van der Waals surface area contributed by atoms with Gasteiger partial charge in [0.2, 0.25) is 0 Å². The number of rotatable bonds is 1. The molecule has 2 rings (SSSR count). The lowest BCUT2D eigenvalue weighted by Crippen LogP contribution is -1.98. The Hall–Kier alpha value is -1.76. The molecule has 0 saturated heterocycles. The molecular weight excluding hydrogens is 384 g/mol. The zero-order valence-electron chi connectivity index (χ0n) is 10.7. The smallest absolute Gasteiger partial charge is 0.124 e. The summed E-state index contributed by atoms with van der Waals surface area (Å²) < 4.78 is 1.04. The van der Waals surface area contributed by atoms with Gasteiger partial charge in [0.05, 0.1) is 11.1 Å². The second-order valence-corrected chi connectivity index (χ2v) is 5.65. The highest BCUT2D eigenvalue weighted by Crippen LogP contribution is 2.32. The number of hydrogen-bond acceptors (Lipinski definition) is 4. The van der Waals surface area contributed by atoms with E-state index in [-0.39, 0.29) is 0 Å². The van der Waals surface area contributed by atoms with Gasteiger partial charge in [-0.1, -0.05) is 0 Å². The van der Waals surface area contributed by atoms with Gasteiger partial charge in [0.15, 0.2) is 0 Å². The highest BCUT2D eigenvalue weighted by molar-refractivity contribution is 9.10. The third kappa shape index (κ3) is 2.33. The van der Waals surface area contributed by atoms with Crippen LogP contribution in [0.1, 0.15) is 22.3 Å². The van der Waals surface area contributed by atoms with Crippen molar-refractivity contribution < 1.29 is 0 Å². The number of aromatic nitrogens is 2. The second kappa shape index (κ2) is 5.70. The second-order valence-electron chi connectivity index (χ2n) is 4.15. The number of nitrogens with zero attached hydrogens (tertiary/aromatic N) is 4. The van der Waals surface area contributed by atoms with Gasteiger partial charge in [-0.3, -0.25) is 0 Å². The predicted octanol–water partition coefficient (Wildman–Crippen LogP) is 4.03. The van der Waals surface area contributed by atoms with Gasteiger partial charge in [-0.2, -0.15) is 10.5 Å². The van der Waals surface area contributed by atoms with Crippen LogP contribution in [0.25, 0.3) is 11.1 Å². The molecule has 0 fully saturated rings. The maximum Gasteiger partial charge on any atom is 0.124 e. The van der Waals surface area contributed by atoms with Crippen molar-refractivity contribution in [3.63, 3.8) is 0 Å². The van der Waals surface area contributed by atoms with Gasteiger partial charge >= 0.3 is 0 Å². The molecule has 0 aliphatic carbocycles. The average Bonchev–Trinajstić information content (AvgIpc) is 2.41. The van der Waals surface area contributed by atoms with E-state index in [0.717, 1.165) is 22.3 Å². The number of nitriles is 2. The maximum atomic E-state index is 9.19. The zero-order chi connectivity index (χ0) is 14.9. The van der Waals surface area contributed by atoms with Crippen LogP contribution in [0.15, 0.2) is 21.6 Å². The third-order valence-corrected chi connectivity index (χ3v) is 4.30. The summed E-state index contributed by atoms with van der Waals surface area (Å²) in [5, 5.41) is 18.4. The van der Waals surface area contributed by atoms with Gasteiger partial charge in [-0.15, -0.1) is 0 Å². The lowest BCUT2D eigenvalue weighted by Gasteiger charge is -2.12. The lowest BCUT2D eigenvalue weighted by molar-refractivity contribution is 1.18. The lowest BCUT2D eigenvalue weighted by atomic mass is 9.96. The number of halogens is 2. The fraction of sp³-hybridized carbons (Fsp3) is 0.143. The van der Waals surface area contributed by atoms with Crippen LogP contribution in [0.5, 0.6) is 0 Å². The van der Waals surface area contributed by atoms with Crippen LogP contribution >= 0.6 is 31.9 Å². The van der Waals surface area contributed by atoms with Gasteiger partial charge in [0, 0.05) is 23.5 Å². The number of hydrogen-bond donors (Lipinski definition) is 0. The van der Waals surface area contributed by atoms with Gasteiger partial charge in [0.1, 0.15) is 21.3 Å². The van der Waals surface area contributed by atoms with Gasteiger partial charge in [-0.05, 0) is 56.8 Å². The van der Waals surface area contributed by atoms with Crippen molar-refractivity contribution in [3.8, 4) is 23.3 Å². The van der Waals surface area contributed by atoms with Crippen molar-refractivity contribution in [2.24, 2.45) is 0 Å². The molecule has 6 heteroatoms. The topological polar surface area (TPSA) is 73.4 Å². The normalized spacial score (nSPS) is 9.90. The van der Waals surface area contributed by atoms with Crippen molar-refractivity contribution in [1.29, 1.82) is 10.5 Å². The summed E-state index contributed by atoms with van der Waals surface area (Å²) >= 11 is 6.53. The van der Waals surface area contributed by atoms with Crippen molar-refractivity contribution in [1.82, 2.24) is 9.97 Å². The summed E-state index contributed by atoms with van der Waals surface area (Å²) in [6.45, 7) is 3.71. The predicted molar refractivity (Wildman–Crippen MR) is 81.8 cm³/mol. The van der Waals surface area contributed by atoms with E-state index in [1.807, 2.05) is 13.8 Å². The van der Waals surface area contributed by atoms with Gasteiger partial charge < -0.3 is 0 Å². The van der Waals surface area contributed by atoms with Gasteiger partial charge in [0.25, 0.3) is 0 Å². The molecule has 0 saturated carbocycles. The summed E-state index contributed by atoms with van der Waals surface area (Å²) in [6.07, 6.45) is 3.36. The minimum Gasteiger partial charge on any atom is -0.247 e. The van der Waals surface area contributed by atoms with Crippen LogP contribution in [-0.4, -0.2) is 9.97 Å². The van der Waals surface area contributed by atoms with Crippen molar-refractivity contribution in [2.45, 2.75) is 13.8 Å². The monoisotopic (exact) mass is 390 g/mol. The molecule has 2 heterocycles. The van der Waals surface area contributed by atoms with E-state index in [4.69, 9.17) is 0 Å². The average molecular weight is 392 g/mol. The molecule has 0 bridgehead atoms. The summed E-state index contributed by atoms with van der Waals surface area (Å²) in [6, 6.07) is 4.26. The Morgan fingerprint density at radius 2 is 1.20 bits per heavy atom. The maximum absolute atomic E-state index is 9.19. The first-order chi connectivity index (χ1) is 9.51. The van der Waals surface area contributed by atoms with Crippen LogP contribution in [0, 0.1) is 36.5 Å². The molecule has 0 amide bonds. The summed E-state index contributed by atoms with van der Waals surface area (Å²) in [5.74, 6) is 0. The summed E-state index contributed by atoms with van der Waals surface area (Å²) in [7, 11) is 0. The zero-order valence-corrected chi connectivity index (χ0v) is 13.9. The first-order valence-electron chi connectivity index (χ1n) is 5.62. The molecule has 0 spiro atoms. The van der Waals surface area contributed by atoms with Crippen molar-refractivity contribution in [2.75, 3.05) is 0 Å². The first kappa shape index (κ1) is 14.6. The molecule has 4 nitrogen and oxygen atoms in total. The van der Waals surface area contributed by atoms with E-state index in [9.17, 15) is 10.5 Å². The largest absolute Gasteiger partial charge is 0.247 e. The van der Waals surface area contributed by atoms with E-state index >= 15 is 0 Å². The Morgan fingerprint density at radius 3 is 1.50 bits per heavy atom. The van der Waals surface area contributed by atoms with Gasteiger partial charge in [-0.25, -0.2) is 9.97 Å². The Bertz CT molecular complexity index is 718. The third-order valence-electron chi connectivity index (χ3n) is 3.10. The Morgan fingerprint density at radius 1 is 0.850 bits per heavy atom. The minimum absolute atomic E-state index is 0.489. The highest BCUT2D eigenvalue weighted by atomic mass is 79.9. The van der Waals surface area contributed by atoms with Crippen molar-refractivity contribution >= 4 is 31.9 Å². The molecule has 2 aromatic heterocycles. The van der Waals surface area contributed by atoms with Crippen molar-refractivity contribution in [3.05, 3.63) is 43.9 Å². The minimum atomic E-state index is 0.489. The molecule has 0 N–H and O–H groups in total. The molecule has 20 heavy (non-hydrogen) atoms. The fourth-order valence-electron chi connectivity index (χ4n) is 1.95. The van der Waals surface area contributed by atoms with E-state index in [1.165, 1.54) is 0 Å². The molecule has 0 radical (unpaired) electrons. The molecule has 2 aromatic rings. The molecule has 98 valence electrons. The molecule has 0 atom stereocenters. The SMILES string of the molecule is Cc1c(-c2cnc(Br)c(C#N)c2C)cnc(Br)c1C#N. The molecule has 0 aliphatic rings. The Labute approximate surface area is 133 Å².